The smallest absolute Gasteiger partial charge is 0.311 e. The van der Waals surface area contributed by atoms with Gasteiger partial charge in [0.15, 0.2) is 0 Å². The lowest BCUT2D eigenvalue weighted by atomic mass is 10.1. The molecule has 1 unspecified atom stereocenters. The van der Waals surface area contributed by atoms with E-state index in [0.717, 1.165) is 17.0 Å². The third-order valence-corrected chi connectivity index (χ3v) is 5.18. The number of carbonyl (C=O) groups is 1. The number of anilines is 1. The average molecular weight is 342 g/mol. The first-order valence-corrected chi connectivity index (χ1v) is 8.29. The lowest BCUT2D eigenvalue weighted by molar-refractivity contribution is -0.137. The zero-order valence-corrected chi connectivity index (χ0v) is 12.4. The quantitative estimate of drug-likeness (QED) is 0.777. The molecular weight excluding hydrogens is 331 g/mol. The molecule has 0 saturated carbocycles. The van der Waals surface area contributed by atoms with Crippen LogP contribution in [-0.4, -0.2) is 26.1 Å². The molecule has 1 aliphatic heterocycles. The number of halogens is 4. The van der Waals surface area contributed by atoms with Crippen LogP contribution in [0.3, 0.4) is 0 Å². The Morgan fingerprint density at radius 3 is 2.43 bits per heavy atom. The topological polar surface area (TPSA) is 54.5 Å². The van der Waals surface area contributed by atoms with E-state index in [1.165, 1.54) is 6.07 Å². The van der Waals surface area contributed by atoms with Gasteiger partial charge in [-0.25, -0.2) is 8.42 Å². The maximum Gasteiger partial charge on any atom is 0.416 e. The van der Waals surface area contributed by atoms with E-state index in [-0.39, 0.29) is 18.7 Å². The van der Waals surface area contributed by atoms with Crippen LogP contribution in [0.4, 0.5) is 18.9 Å². The predicted octanol–water partition coefficient (Wildman–Crippen LogP) is 2.69. The van der Waals surface area contributed by atoms with Gasteiger partial charge in [-0.3, -0.25) is 4.79 Å². The highest BCUT2D eigenvalue weighted by molar-refractivity contribution is 8.14. The summed E-state index contributed by atoms with van der Waals surface area (Å²) in [4.78, 5) is 12.9. The Morgan fingerprint density at radius 1 is 1.33 bits per heavy atom. The number of hydrogen-bond acceptors (Lipinski definition) is 3. The molecule has 1 aliphatic rings. The first kappa shape index (κ1) is 16.1. The highest BCUT2D eigenvalue weighted by Gasteiger charge is 2.39. The van der Waals surface area contributed by atoms with Crippen LogP contribution < -0.4 is 4.90 Å². The molecule has 9 heteroatoms. The van der Waals surface area contributed by atoms with Crippen molar-refractivity contribution in [2.45, 2.75) is 24.8 Å². The van der Waals surface area contributed by atoms with E-state index in [4.69, 9.17) is 10.7 Å². The predicted molar refractivity (Wildman–Crippen MR) is 71.7 cm³/mol. The van der Waals surface area contributed by atoms with E-state index >= 15 is 0 Å². The summed E-state index contributed by atoms with van der Waals surface area (Å²) >= 11 is 0. The van der Waals surface area contributed by atoms with Crippen LogP contribution >= 0.6 is 10.7 Å². The molecule has 0 bridgehead atoms. The van der Waals surface area contributed by atoms with Gasteiger partial charge in [-0.05, 0) is 24.6 Å². The van der Waals surface area contributed by atoms with Crippen LogP contribution in [0.5, 0.6) is 0 Å². The molecule has 0 aliphatic carbocycles. The largest absolute Gasteiger partial charge is 0.416 e. The summed E-state index contributed by atoms with van der Waals surface area (Å²) in [5.41, 5.74) is -0.394. The summed E-state index contributed by atoms with van der Waals surface area (Å²) in [6.45, 7) is 1.30. The van der Waals surface area contributed by atoms with Crippen LogP contribution in [0.25, 0.3) is 0 Å². The first-order chi connectivity index (χ1) is 9.50. The molecule has 0 N–H and O–H groups in total. The van der Waals surface area contributed by atoms with Crippen LogP contribution in [0.2, 0.25) is 0 Å². The van der Waals surface area contributed by atoms with Gasteiger partial charge in [0.05, 0.1) is 5.56 Å². The Bertz CT molecular complexity index is 687. The van der Waals surface area contributed by atoms with Crippen molar-refractivity contribution >= 4 is 31.3 Å². The van der Waals surface area contributed by atoms with Crippen molar-refractivity contribution in [2.24, 2.45) is 0 Å². The second kappa shape index (κ2) is 5.17. The number of rotatable bonds is 2. The second-order valence-corrected chi connectivity index (χ2v) is 7.71. The van der Waals surface area contributed by atoms with E-state index in [9.17, 15) is 26.4 Å². The molecule has 1 aromatic carbocycles. The maximum atomic E-state index is 12.7. The van der Waals surface area contributed by atoms with Gasteiger partial charge in [-0.15, -0.1) is 0 Å². The molecule has 116 valence electrons. The van der Waals surface area contributed by atoms with Crippen LogP contribution in [0.1, 0.15) is 17.5 Å². The molecule has 0 aromatic heterocycles. The van der Waals surface area contributed by atoms with Gasteiger partial charge in [0.1, 0.15) is 5.25 Å². The Hall–Kier alpha value is -1.28. The summed E-state index contributed by atoms with van der Waals surface area (Å²) in [6.07, 6.45) is -4.87. The third-order valence-electron chi connectivity index (χ3n) is 3.31. The van der Waals surface area contributed by atoms with Gasteiger partial charge < -0.3 is 4.90 Å². The minimum Gasteiger partial charge on any atom is -0.311 e. The molecule has 1 heterocycles. The highest BCUT2D eigenvalue weighted by Crippen LogP contribution is 2.35. The summed E-state index contributed by atoms with van der Waals surface area (Å²) in [5.74, 6) is -0.563. The number of nitrogens with zero attached hydrogens (tertiary/aromatic N) is 1. The van der Waals surface area contributed by atoms with Gasteiger partial charge in [-0.1, -0.05) is 6.07 Å². The monoisotopic (exact) mass is 341 g/mol. The van der Waals surface area contributed by atoms with Gasteiger partial charge in [-0.2, -0.15) is 13.2 Å². The Balaban J connectivity index is 2.41. The number of amides is 1. The summed E-state index contributed by atoms with van der Waals surface area (Å²) in [5, 5.41) is -1.11. The van der Waals surface area contributed by atoms with Crippen molar-refractivity contribution < 1.29 is 26.4 Å². The van der Waals surface area contributed by atoms with Crippen LogP contribution in [0, 0.1) is 6.92 Å². The Morgan fingerprint density at radius 2 is 1.95 bits per heavy atom. The lowest BCUT2D eigenvalue weighted by Crippen LogP contribution is -2.27. The van der Waals surface area contributed by atoms with Crippen molar-refractivity contribution in [1.82, 2.24) is 0 Å². The molecule has 1 aromatic rings. The average Bonchev–Trinajstić information content (AvgIpc) is 2.70. The van der Waals surface area contributed by atoms with Crippen molar-refractivity contribution in [3.05, 3.63) is 29.3 Å². The summed E-state index contributed by atoms with van der Waals surface area (Å²) < 4.78 is 60.7. The fourth-order valence-corrected chi connectivity index (χ4v) is 3.20. The fourth-order valence-electron chi connectivity index (χ4n) is 2.17. The van der Waals surface area contributed by atoms with E-state index in [0.29, 0.717) is 5.56 Å². The van der Waals surface area contributed by atoms with Gasteiger partial charge >= 0.3 is 6.18 Å². The van der Waals surface area contributed by atoms with Gasteiger partial charge in [0, 0.05) is 29.3 Å². The summed E-state index contributed by atoms with van der Waals surface area (Å²) in [6, 6.07) is 3.00. The Labute approximate surface area is 123 Å². The third kappa shape index (κ3) is 3.32. The number of alkyl halides is 3. The van der Waals surface area contributed by atoms with Crippen molar-refractivity contribution in [3.63, 3.8) is 0 Å². The number of hydrogen-bond donors (Lipinski definition) is 0. The zero-order chi connectivity index (χ0) is 16.0. The van der Waals surface area contributed by atoms with E-state index in [2.05, 4.69) is 0 Å². The molecule has 1 saturated heterocycles. The van der Waals surface area contributed by atoms with Gasteiger partial charge in [0.2, 0.25) is 15.0 Å². The van der Waals surface area contributed by atoms with Crippen LogP contribution in [-0.2, 0) is 20.0 Å². The minimum absolute atomic E-state index is 0.0534. The SMILES string of the molecule is Cc1ccc(C(F)(F)F)cc1N1CC(S(=O)(=O)Cl)CC1=O. The molecule has 21 heavy (non-hydrogen) atoms. The molecule has 4 nitrogen and oxygen atoms in total. The maximum absolute atomic E-state index is 12.7. The zero-order valence-electron chi connectivity index (χ0n) is 10.8. The number of benzene rings is 1. The van der Waals surface area contributed by atoms with Gasteiger partial charge in [0.25, 0.3) is 0 Å². The normalized spacial score (nSPS) is 20.1. The van der Waals surface area contributed by atoms with E-state index in [1.807, 2.05) is 0 Å². The standard InChI is InChI=1S/C12H11ClF3NO3S/c1-7-2-3-8(12(14,15)16)4-10(7)17-6-9(5-11(17)18)21(13,19)20/h2-4,9H,5-6H2,1H3. The van der Waals surface area contributed by atoms with Crippen LogP contribution in [0.15, 0.2) is 18.2 Å². The molecule has 1 amide bonds. The first-order valence-electron chi connectivity index (χ1n) is 5.92. The lowest BCUT2D eigenvalue weighted by Gasteiger charge is -2.20. The minimum atomic E-state index is -4.54. The highest BCUT2D eigenvalue weighted by atomic mass is 35.7. The fraction of sp³-hybridized carbons (Fsp3) is 0.417. The van der Waals surface area contributed by atoms with Crippen molar-refractivity contribution in [3.8, 4) is 0 Å². The number of aryl methyl sites for hydroxylation is 1. The molecular formula is C12H11ClF3NO3S. The summed E-state index contributed by atoms with van der Waals surface area (Å²) in [7, 11) is 1.27. The van der Waals surface area contributed by atoms with E-state index < -0.39 is 31.9 Å². The molecule has 2 rings (SSSR count). The van der Waals surface area contributed by atoms with Crippen molar-refractivity contribution in [2.75, 3.05) is 11.4 Å². The molecule has 1 atom stereocenters. The molecule has 0 radical (unpaired) electrons. The molecule has 0 spiro atoms. The van der Waals surface area contributed by atoms with Crippen molar-refractivity contribution in [1.29, 1.82) is 0 Å². The molecule has 1 fully saturated rings. The Kier molecular flexibility index (Phi) is 3.96. The van der Waals surface area contributed by atoms with E-state index in [1.54, 1.807) is 6.92 Å². The number of carbonyl (C=O) groups excluding carboxylic acids is 1. The second-order valence-electron chi connectivity index (χ2n) is 4.81.